The Morgan fingerprint density at radius 1 is 1.32 bits per heavy atom. The summed E-state index contributed by atoms with van der Waals surface area (Å²) in [4.78, 5) is 0.102. The van der Waals surface area contributed by atoms with E-state index in [1.54, 1.807) is 23.0 Å². The zero-order valence-electron chi connectivity index (χ0n) is 10.4. The molecule has 1 fully saturated rings. The van der Waals surface area contributed by atoms with Gasteiger partial charge in [-0.05, 0) is 43.5 Å². The molecule has 1 saturated carbocycles. The first kappa shape index (κ1) is 12.7. The molecule has 0 atom stereocenters. The first-order chi connectivity index (χ1) is 8.97. The lowest BCUT2D eigenvalue weighted by atomic mass is 10.2. The van der Waals surface area contributed by atoms with E-state index in [1.807, 2.05) is 13.0 Å². The molecule has 0 N–H and O–H groups in total. The summed E-state index contributed by atoms with van der Waals surface area (Å²) in [6.45, 7) is 1.91. The third kappa shape index (κ3) is 2.40. The lowest BCUT2D eigenvalue weighted by molar-refractivity contribution is 0.608. The van der Waals surface area contributed by atoms with Crippen molar-refractivity contribution < 1.29 is 8.42 Å². The first-order valence-corrected chi connectivity index (χ1v) is 8.37. The highest BCUT2D eigenvalue weighted by atomic mass is 35.7. The first-order valence-electron chi connectivity index (χ1n) is 6.06. The van der Waals surface area contributed by atoms with Crippen molar-refractivity contribution in [2.75, 3.05) is 0 Å². The molecule has 0 amide bonds. The molecule has 19 heavy (non-hydrogen) atoms. The molecule has 0 bridgehead atoms. The maximum Gasteiger partial charge on any atom is 0.263 e. The van der Waals surface area contributed by atoms with Gasteiger partial charge in [0, 0.05) is 28.5 Å². The summed E-state index contributed by atoms with van der Waals surface area (Å²) in [7, 11) is 1.72. The fourth-order valence-electron chi connectivity index (χ4n) is 2.20. The Hall–Kier alpha value is -1.33. The molecule has 0 aliphatic heterocycles. The smallest absolute Gasteiger partial charge is 0.236 e. The number of rotatable bonds is 3. The molecule has 1 aromatic heterocycles. The van der Waals surface area contributed by atoms with Crippen LogP contribution in [0.1, 0.15) is 30.0 Å². The van der Waals surface area contributed by atoms with E-state index in [4.69, 9.17) is 10.7 Å². The van der Waals surface area contributed by atoms with E-state index in [0.29, 0.717) is 11.6 Å². The van der Waals surface area contributed by atoms with Gasteiger partial charge < -0.3 is 0 Å². The van der Waals surface area contributed by atoms with Crippen molar-refractivity contribution in [1.29, 1.82) is 0 Å². The van der Waals surface area contributed by atoms with Gasteiger partial charge in [0.15, 0.2) is 0 Å². The Bertz CT molecular complexity index is 733. The van der Waals surface area contributed by atoms with Gasteiger partial charge in [0.2, 0.25) is 0 Å². The van der Waals surface area contributed by atoms with Crippen LogP contribution in [0.15, 0.2) is 35.4 Å². The Kier molecular flexibility index (Phi) is 2.91. The number of benzene rings is 1. The molecule has 1 aliphatic carbocycles. The number of aromatic nitrogens is 2. The molecule has 6 heteroatoms. The van der Waals surface area contributed by atoms with Crippen molar-refractivity contribution >= 4 is 19.7 Å². The third-order valence-corrected chi connectivity index (χ3v) is 4.64. The van der Waals surface area contributed by atoms with Gasteiger partial charge in [-0.3, -0.25) is 0 Å². The summed E-state index contributed by atoms with van der Waals surface area (Å²) in [5.74, 6) is 0.480. The second-order valence-corrected chi connectivity index (χ2v) is 7.39. The van der Waals surface area contributed by atoms with E-state index in [1.165, 1.54) is 6.07 Å². The predicted octanol–water partition coefficient (Wildman–Crippen LogP) is 2.99. The summed E-state index contributed by atoms with van der Waals surface area (Å²) in [5, 5.41) is 4.26. The highest BCUT2D eigenvalue weighted by Gasteiger charge is 2.29. The van der Waals surface area contributed by atoms with Gasteiger partial charge in [0.1, 0.15) is 4.90 Å². The van der Waals surface area contributed by atoms with Gasteiger partial charge in [0.25, 0.3) is 9.05 Å². The van der Waals surface area contributed by atoms with E-state index < -0.39 is 9.05 Å². The van der Waals surface area contributed by atoms with Crippen LogP contribution in [0.25, 0.3) is 5.69 Å². The Labute approximate surface area is 116 Å². The molecular weight excluding hydrogens is 284 g/mol. The maximum atomic E-state index is 11.7. The maximum absolute atomic E-state index is 11.7. The van der Waals surface area contributed by atoms with Crippen LogP contribution < -0.4 is 0 Å². The van der Waals surface area contributed by atoms with Gasteiger partial charge in [-0.2, -0.15) is 5.10 Å². The summed E-state index contributed by atoms with van der Waals surface area (Å²) < 4.78 is 25.1. The van der Waals surface area contributed by atoms with Crippen LogP contribution in [0.2, 0.25) is 0 Å². The molecule has 1 aliphatic rings. The molecule has 0 unspecified atom stereocenters. The zero-order chi connectivity index (χ0) is 13.6. The SMILES string of the molecule is Cc1ccc(S(=O)(=O)Cl)c(-n2nccc2C2CC2)c1. The van der Waals surface area contributed by atoms with Crippen LogP contribution in [0.5, 0.6) is 0 Å². The predicted molar refractivity (Wildman–Crippen MR) is 73.3 cm³/mol. The van der Waals surface area contributed by atoms with Gasteiger partial charge in [-0.15, -0.1) is 0 Å². The van der Waals surface area contributed by atoms with E-state index in [0.717, 1.165) is 24.1 Å². The van der Waals surface area contributed by atoms with E-state index >= 15 is 0 Å². The minimum absolute atomic E-state index is 0.102. The lowest BCUT2D eigenvalue weighted by Gasteiger charge is -2.11. The molecule has 1 heterocycles. The van der Waals surface area contributed by atoms with Crippen LogP contribution in [0.3, 0.4) is 0 Å². The van der Waals surface area contributed by atoms with Crippen molar-refractivity contribution in [1.82, 2.24) is 9.78 Å². The molecule has 0 spiro atoms. The number of halogens is 1. The Morgan fingerprint density at radius 3 is 2.68 bits per heavy atom. The summed E-state index contributed by atoms with van der Waals surface area (Å²) in [6, 6.07) is 7.00. The van der Waals surface area contributed by atoms with Gasteiger partial charge in [-0.25, -0.2) is 13.1 Å². The van der Waals surface area contributed by atoms with Crippen molar-refractivity contribution in [2.24, 2.45) is 0 Å². The number of aryl methyl sites for hydroxylation is 1. The number of nitrogens with zero attached hydrogens (tertiary/aromatic N) is 2. The number of hydrogen-bond acceptors (Lipinski definition) is 3. The fraction of sp³-hybridized carbons (Fsp3) is 0.308. The van der Waals surface area contributed by atoms with E-state index in [-0.39, 0.29) is 4.90 Å². The second-order valence-electron chi connectivity index (χ2n) is 4.85. The van der Waals surface area contributed by atoms with Crippen LogP contribution in [0, 0.1) is 6.92 Å². The molecule has 4 nitrogen and oxygen atoms in total. The minimum Gasteiger partial charge on any atom is -0.236 e. The largest absolute Gasteiger partial charge is 0.263 e. The van der Waals surface area contributed by atoms with E-state index in [2.05, 4.69) is 5.10 Å². The molecular formula is C13H13ClN2O2S. The molecule has 0 radical (unpaired) electrons. The second kappa shape index (κ2) is 4.35. The van der Waals surface area contributed by atoms with Gasteiger partial charge in [-0.1, -0.05) is 6.07 Å². The summed E-state index contributed by atoms with van der Waals surface area (Å²) in [6.07, 6.45) is 3.95. The average molecular weight is 297 g/mol. The highest BCUT2D eigenvalue weighted by molar-refractivity contribution is 8.13. The van der Waals surface area contributed by atoms with Crippen molar-refractivity contribution in [3.63, 3.8) is 0 Å². The number of hydrogen-bond donors (Lipinski definition) is 0. The molecule has 1 aromatic carbocycles. The Balaban J connectivity index is 2.23. The minimum atomic E-state index is -3.79. The molecule has 100 valence electrons. The van der Waals surface area contributed by atoms with Gasteiger partial charge >= 0.3 is 0 Å². The molecule has 2 aromatic rings. The highest BCUT2D eigenvalue weighted by Crippen LogP contribution is 2.41. The summed E-state index contributed by atoms with van der Waals surface area (Å²) >= 11 is 0. The third-order valence-electron chi connectivity index (χ3n) is 3.27. The van der Waals surface area contributed by atoms with Crippen LogP contribution in [-0.4, -0.2) is 18.2 Å². The average Bonchev–Trinajstić information content (AvgIpc) is 3.05. The van der Waals surface area contributed by atoms with Crippen molar-refractivity contribution in [3.05, 3.63) is 41.7 Å². The van der Waals surface area contributed by atoms with Gasteiger partial charge in [0.05, 0.1) is 5.69 Å². The topological polar surface area (TPSA) is 52.0 Å². The summed E-state index contributed by atoms with van der Waals surface area (Å²) in [5.41, 5.74) is 2.55. The van der Waals surface area contributed by atoms with Crippen molar-refractivity contribution in [2.45, 2.75) is 30.6 Å². The van der Waals surface area contributed by atoms with Crippen LogP contribution >= 0.6 is 10.7 Å². The van der Waals surface area contributed by atoms with Crippen LogP contribution in [-0.2, 0) is 9.05 Å². The molecule has 3 rings (SSSR count). The quantitative estimate of drug-likeness (QED) is 0.818. The van der Waals surface area contributed by atoms with E-state index in [9.17, 15) is 8.42 Å². The molecule has 0 saturated heterocycles. The normalized spacial score (nSPS) is 15.7. The zero-order valence-corrected chi connectivity index (χ0v) is 11.9. The van der Waals surface area contributed by atoms with Crippen LogP contribution in [0.4, 0.5) is 0 Å². The fourth-order valence-corrected chi connectivity index (χ4v) is 3.22. The van der Waals surface area contributed by atoms with Crippen molar-refractivity contribution in [3.8, 4) is 5.69 Å². The standard InChI is InChI=1S/C13H13ClN2O2S/c1-9-2-5-13(19(14,17)18)12(8-9)16-11(6-7-15-16)10-3-4-10/h2,5-8,10H,3-4H2,1H3. The lowest BCUT2D eigenvalue weighted by Crippen LogP contribution is -2.07. The monoisotopic (exact) mass is 296 g/mol. The Morgan fingerprint density at radius 2 is 2.05 bits per heavy atom.